The van der Waals surface area contributed by atoms with Gasteiger partial charge in [0.15, 0.2) is 0 Å². The molecule has 2 aromatic rings. The van der Waals surface area contributed by atoms with Gasteiger partial charge in [-0.1, -0.05) is 18.2 Å². The van der Waals surface area contributed by atoms with Gasteiger partial charge in [-0.15, -0.1) is 0 Å². The molecule has 0 radical (unpaired) electrons. The number of ether oxygens (including phenoxy) is 2. The summed E-state index contributed by atoms with van der Waals surface area (Å²) in [5, 5.41) is 0. The van der Waals surface area contributed by atoms with E-state index in [0.29, 0.717) is 25.3 Å². The maximum atomic E-state index is 12.7. The van der Waals surface area contributed by atoms with Crippen molar-refractivity contribution in [3.8, 4) is 5.75 Å². The molecule has 0 aliphatic carbocycles. The first-order valence-electron chi connectivity index (χ1n) is 9.16. The molecular weight excluding hydrogens is 326 g/mol. The van der Waals surface area contributed by atoms with Crippen LogP contribution in [0.25, 0.3) is 0 Å². The molecule has 138 valence electrons. The molecule has 4 heteroatoms. The van der Waals surface area contributed by atoms with Crippen LogP contribution < -0.4 is 4.74 Å². The van der Waals surface area contributed by atoms with Crippen molar-refractivity contribution in [3.63, 3.8) is 0 Å². The smallest absolute Gasteiger partial charge is 0.254 e. The van der Waals surface area contributed by atoms with Gasteiger partial charge in [-0.2, -0.15) is 0 Å². The lowest BCUT2D eigenvalue weighted by Gasteiger charge is -2.35. The van der Waals surface area contributed by atoms with Crippen molar-refractivity contribution in [2.24, 2.45) is 0 Å². The Bertz CT molecular complexity index is 759. The quantitative estimate of drug-likeness (QED) is 0.829. The van der Waals surface area contributed by atoms with Crippen molar-refractivity contribution < 1.29 is 14.3 Å². The third kappa shape index (κ3) is 4.44. The number of amides is 1. The lowest BCUT2D eigenvalue weighted by Crippen LogP contribution is -2.48. The van der Waals surface area contributed by atoms with Gasteiger partial charge in [-0.3, -0.25) is 4.79 Å². The molecule has 0 unspecified atom stereocenters. The first-order valence-corrected chi connectivity index (χ1v) is 9.16. The van der Waals surface area contributed by atoms with Crippen LogP contribution in [0.4, 0.5) is 0 Å². The molecule has 26 heavy (non-hydrogen) atoms. The zero-order valence-corrected chi connectivity index (χ0v) is 16.0. The van der Waals surface area contributed by atoms with Crippen LogP contribution in [0, 0.1) is 13.8 Å². The summed E-state index contributed by atoms with van der Waals surface area (Å²) >= 11 is 0. The number of carbonyl (C=O) groups is 1. The van der Waals surface area contributed by atoms with E-state index >= 15 is 0 Å². The molecule has 1 amide bonds. The van der Waals surface area contributed by atoms with Crippen LogP contribution in [-0.4, -0.2) is 36.1 Å². The Morgan fingerprint density at radius 3 is 2.31 bits per heavy atom. The highest BCUT2D eigenvalue weighted by molar-refractivity contribution is 5.94. The maximum Gasteiger partial charge on any atom is 0.254 e. The maximum absolute atomic E-state index is 12.7. The molecule has 0 spiro atoms. The molecule has 1 fully saturated rings. The van der Waals surface area contributed by atoms with E-state index in [1.54, 1.807) is 0 Å². The summed E-state index contributed by atoms with van der Waals surface area (Å²) < 4.78 is 11.6. The molecule has 0 N–H and O–H groups in total. The third-order valence-electron chi connectivity index (χ3n) is 4.79. The molecule has 1 heterocycles. The monoisotopic (exact) mass is 353 g/mol. The Labute approximate surface area is 155 Å². The molecule has 2 aromatic carbocycles. The summed E-state index contributed by atoms with van der Waals surface area (Å²) in [5.74, 6) is 0.929. The molecule has 0 aromatic heterocycles. The van der Waals surface area contributed by atoms with Gasteiger partial charge in [0.05, 0.1) is 12.2 Å². The van der Waals surface area contributed by atoms with Crippen LogP contribution >= 0.6 is 0 Å². The van der Waals surface area contributed by atoms with E-state index in [1.165, 1.54) is 11.1 Å². The van der Waals surface area contributed by atoms with Gasteiger partial charge in [0.1, 0.15) is 12.4 Å². The number of morpholine rings is 1. The van der Waals surface area contributed by atoms with Gasteiger partial charge in [0, 0.05) is 18.7 Å². The number of carbonyl (C=O) groups excluding carboxylic acids is 1. The van der Waals surface area contributed by atoms with Crippen LogP contribution in [0.5, 0.6) is 5.75 Å². The van der Waals surface area contributed by atoms with E-state index in [0.717, 1.165) is 11.3 Å². The van der Waals surface area contributed by atoms with Crippen LogP contribution in [0.15, 0.2) is 42.5 Å². The second-order valence-corrected chi connectivity index (χ2v) is 7.20. The molecule has 1 aliphatic heterocycles. The normalized spacial score (nSPS) is 20.1. The molecule has 3 rings (SSSR count). The van der Waals surface area contributed by atoms with E-state index in [4.69, 9.17) is 9.47 Å². The van der Waals surface area contributed by atoms with Gasteiger partial charge in [-0.05, 0) is 68.7 Å². The number of hydrogen-bond donors (Lipinski definition) is 0. The average Bonchev–Trinajstić information content (AvgIpc) is 2.62. The summed E-state index contributed by atoms with van der Waals surface area (Å²) in [5.41, 5.74) is 4.23. The molecule has 1 saturated heterocycles. The Morgan fingerprint density at radius 1 is 1.04 bits per heavy atom. The molecule has 2 atom stereocenters. The number of hydrogen-bond acceptors (Lipinski definition) is 3. The van der Waals surface area contributed by atoms with Crippen molar-refractivity contribution in [1.82, 2.24) is 4.90 Å². The van der Waals surface area contributed by atoms with E-state index < -0.39 is 0 Å². The minimum Gasteiger partial charge on any atom is -0.489 e. The topological polar surface area (TPSA) is 38.8 Å². The summed E-state index contributed by atoms with van der Waals surface area (Å²) in [4.78, 5) is 14.6. The fourth-order valence-electron chi connectivity index (χ4n) is 3.24. The van der Waals surface area contributed by atoms with E-state index in [1.807, 2.05) is 55.1 Å². The zero-order valence-electron chi connectivity index (χ0n) is 16.0. The second kappa shape index (κ2) is 7.92. The number of aryl methyl sites for hydroxylation is 2. The molecule has 4 nitrogen and oxygen atoms in total. The summed E-state index contributed by atoms with van der Waals surface area (Å²) in [6.45, 7) is 9.94. The van der Waals surface area contributed by atoms with Gasteiger partial charge >= 0.3 is 0 Å². The lowest BCUT2D eigenvalue weighted by molar-refractivity contribution is -0.0586. The van der Waals surface area contributed by atoms with Gasteiger partial charge in [0.2, 0.25) is 0 Å². The zero-order chi connectivity index (χ0) is 18.7. The predicted molar refractivity (Wildman–Crippen MR) is 103 cm³/mol. The Hall–Kier alpha value is -2.33. The first kappa shape index (κ1) is 18.5. The predicted octanol–water partition coefficient (Wildman–Crippen LogP) is 4.13. The Morgan fingerprint density at radius 2 is 1.69 bits per heavy atom. The first-order chi connectivity index (χ1) is 12.4. The summed E-state index contributed by atoms with van der Waals surface area (Å²) in [6, 6.07) is 13.8. The molecular formula is C22H27NO3. The van der Waals surface area contributed by atoms with E-state index in [2.05, 4.69) is 19.9 Å². The van der Waals surface area contributed by atoms with Gasteiger partial charge in [-0.25, -0.2) is 0 Å². The van der Waals surface area contributed by atoms with Gasteiger partial charge < -0.3 is 14.4 Å². The average molecular weight is 353 g/mol. The van der Waals surface area contributed by atoms with Crippen LogP contribution in [0.1, 0.15) is 40.9 Å². The Kier molecular flexibility index (Phi) is 5.62. The highest BCUT2D eigenvalue weighted by Gasteiger charge is 2.26. The van der Waals surface area contributed by atoms with Crippen LogP contribution in [0.2, 0.25) is 0 Å². The number of benzene rings is 2. The molecule has 0 bridgehead atoms. The third-order valence-corrected chi connectivity index (χ3v) is 4.79. The second-order valence-electron chi connectivity index (χ2n) is 7.20. The highest BCUT2D eigenvalue weighted by atomic mass is 16.5. The minimum atomic E-state index is 0.0635. The van der Waals surface area contributed by atoms with Crippen LogP contribution in [0.3, 0.4) is 0 Å². The fraction of sp³-hybridized carbons (Fsp3) is 0.409. The van der Waals surface area contributed by atoms with Gasteiger partial charge in [0.25, 0.3) is 5.91 Å². The lowest BCUT2D eigenvalue weighted by atomic mass is 10.1. The largest absolute Gasteiger partial charge is 0.489 e. The Balaban J connectivity index is 1.61. The van der Waals surface area contributed by atoms with Crippen molar-refractivity contribution >= 4 is 5.91 Å². The van der Waals surface area contributed by atoms with Crippen molar-refractivity contribution in [2.75, 3.05) is 13.1 Å². The number of nitrogens with zero attached hydrogens (tertiary/aromatic N) is 1. The summed E-state index contributed by atoms with van der Waals surface area (Å²) in [6.07, 6.45) is 0.154. The van der Waals surface area contributed by atoms with Crippen molar-refractivity contribution in [1.29, 1.82) is 0 Å². The number of rotatable bonds is 4. The van der Waals surface area contributed by atoms with Crippen molar-refractivity contribution in [2.45, 2.75) is 46.5 Å². The van der Waals surface area contributed by atoms with Crippen LogP contribution in [-0.2, 0) is 11.3 Å². The summed E-state index contributed by atoms with van der Waals surface area (Å²) in [7, 11) is 0. The molecule has 0 saturated carbocycles. The van der Waals surface area contributed by atoms with E-state index in [9.17, 15) is 4.79 Å². The van der Waals surface area contributed by atoms with Crippen molar-refractivity contribution in [3.05, 3.63) is 64.7 Å². The highest BCUT2D eigenvalue weighted by Crippen LogP contribution is 2.19. The van der Waals surface area contributed by atoms with E-state index in [-0.39, 0.29) is 18.1 Å². The SMILES string of the molecule is Cc1ccc(OCc2ccc(C(=O)N3C[C@@H](C)O[C@H](C)C3)cc2)cc1C. The fourth-order valence-corrected chi connectivity index (χ4v) is 3.24. The standard InChI is InChI=1S/C22H27NO3/c1-15-5-10-21(11-16(15)2)25-14-19-6-8-20(9-7-19)22(24)23-12-17(3)26-18(4)13-23/h5-11,17-18H,12-14H2,1-4H3/t17-,18-/m1/s1. The molecule has 1 aliphatic rings. The minimum absolute atomic E-state index is 0.0635.